The van der Waals surface area contributed by atoms with Crippen molar-refractivity contribution in [3.8, 4) is 0 Å². The monoisotopic (exact) mass is 174 g/mol. The fraction of sp³-hybridized carbons (Fsp3) is 0.500. The van der Waals surface area contributed by atoms with E-state index >= 15 is 0 Å². The average molecular weight is 174 g/mol. The highest BCUT2D eigenvalue weighted by atomic mass is 19.2. The molecule has 1 aromatic heterocycles. The van der Waals surface area contributed by atoms with Crippen molar-refractivity contribution in [2.45, 2.75) is 27.2 Å². The van der Waals surface area contributed by atoms with E-state index in [4.69, 9.17) is 0 Å². The topological polar surface area (TPSA) is 25.8 Å². The highest BCUT2D eigenvalue weighted by molar-refractivity contribution is 4.99. The van der Waals surface area contributed by atoms with Gasteiger partial charge >= 0.3 is 0 Å². The van der Waals surface area contributed by atoms with Crippen LogP contribution < -0.4 is 0 Å². The Morgan fingerprint density at radius 3 is 2.08 bits per heavy atom. The highest BCUT2D eigenvalue weighted by Gasteiger charge is 2.04. The van der Waals surface area contributed by atoms with E-state index in [1.165, 1.54) is 13.3 Å². The van der Waals surface area contributed by atoms with Gasteiger partial charge in [-0.05, 0) is 6.92 Å². The van der Waals surface area contributed by atoms with Crippen LogP contribution >= 0.6 is 0 Å². The van der Waals surface area contributed by atoms with Crippen LogP contribution in [-0.4, -0.2) is 9.97 Å². The molecule has 0 radical (unpaired) electrons. The van der Waals surface area contributed by atoms with Gasteiger partial charge in [-0.1, -0.05) is 20.3 Å². The molecule has 1 heterocycles. The average Bonchev–Trinajstić information content (AvgIpc) is 2.02. The fourth-order valence-electron chi connectivity index (χ4n) is 0.429. The van der Waals surface area contributed by atoms with E-state index < -0.39 is 11.8 Å². The number of aryl methyl sites for hydroxylation is 1. The predicted molar refractivity (Wildman–Crippen MR) is 42.7 cm³/mol. The highest BCUT2D eigenvalue weighted by Crippen LogP contribution is 2.02. The minimum Gasteiger partial charge on any atom is -0.238 e. The summed E-state index contributed by atoms with van der Waals surface area (Å²) in [6, 6.07) is 0. The molecule has 0 bridgehead atoms. The molecule has 0 aromatic carbocycles. The lowest BCUT2D eigenvalue weighted by Gasteiger charge is -1.91. The summed E-state index contributed by atoms with van der Waals surface area (Å²) >= 11 is 0. The van der Waals surface area contributed by atoms with Crippen LogP contribution in [0.3, 0.4) is 0 Å². The third kappa shape index (κ3) is 3.37. The van der Waals surface area contributed by atoms with Crippen LogP contribution in [0.2, 0.25) is 0 Å². The molecule has 0 spiro atoms. The van der Waals surface area contributed by atoms with Crippen molar-refractivity contribution in [2.24, 2.45) is 0 Å². The Morgan fingerprint density at radius 1 is 1.25 bits per heavy atom. The second-order valence-electron chi connectivity index (χ2n) is 2.27. The van der Waals surface area contributed by atoms with E-state index in [2.05, 4.69) is 23.8 Å². The third-order valence-corrected chi connectivity index (χ3v) is 0.921. The number of rotatable bonds is 0. The maximum atomic E-state index is 12.2. The molecule has 0 atom stereocenters. The molecule has 0 saturated carbocycles. The molecule has 1 rings (SSSR count). The van der Waals surface area contributed by atoms with Gasteiger partial charge in [-0.25, -0.2) is 9.97 Å². The van der Waals surface area contributed by atoms with Crippen molar-refractivity contribution in [1.29, 1.82) is 0 Å². The van der Waals surface area contributed by atoms with E-state index in [1.54, 1.807) is 0 Å². The summed E-state index contributed by atoms with van der Waals surface area (Å²) in [6.07, 6.45) is 2.23. The quantitative estimate of drug-likeness (QED) is 0.564. The largest absolute Gasteiger partial charge is 0.252 e. The summed E-state index contributed by atoms with van der Waals surface area (Å²) in [5, 5.41) is 0. The van der Waals surface area contributed by atoms with Crippen molar-refractivity contribution in [3.05, 3.63) is 23.8 Å². The van der Waals surface area contributed by atoms with Crippen LogP contribution in [0, 0.1) is 18.7 Å². The Labute approximate surface area is 70.7 Å². The van der Waals surface area contributed by atoms with Gasteiger partial charge < -0.3 is 0 Å². The van der Waals surface area contributed by atoms with Crippen LogP contribution in [0.15, 0.2) is 6.33 Å². The summed E-state index contributed by atoms with van der Waals surface area (Å²) in [5.41, 5.74) is 0.0301. The number of hydrogen-bond donors (Lipinski definition) is 0. The second kappa shape index (κ2) is 5.57. The van der Waals surface area contributed by atoms with Gasteiger partial charge in [0.25, 0.3) is 5.95 Å². The van der Waals surface area contributed by atoms with E-state index in [9.17, 15) is 8.78 Å². The second-order valence-corrected chi connectivity index (χ2v) is 2.27. The smallest absolute Gasteiger partial charge is 0.238 e. The first-order chi connectivity index (χ1) is 5.63. The van der Waals surface area contributed by atoms with Crippen molar-refractivity contribution in [3.63, 3.8) is 0 Å². The van der Waals surface area contributed by atoms with E-state index in [0.717, 1.165) is 6.33 Å². The van der Waals surface area contributed by atoms with Crippen molar-refractivity contribution in [1.82, 2.24) is 9.97 Å². The fourth-order valence-corrected chi connectivity index (χ4v) is 0.429. The van der Waals surface area contributed by atoms with Gasteiger partial charge in [0.05, 0.1) is 5.69 Å². The molecule has 12 heavy (non-hydrogen) atoms. The lowest BCUT2D eigenvalue weighted by molar-refractivity contribution is 0.466. The Balaban J connectivity index is 0.000000354. The predicted octanol–water partition coefficient (Wildman–Crippen LogP) is 2.48. The van der Waals surface area contributed by atoms with Gasteiger partial charge in [0.1, 0.15) is 6.33 Å². The molecular formula is C8H12F2N2. The summed E-state index contributed by atoms with van der Waals surface area (Å²) < 4.78 is 24.3. The molecule has 0 fully saturated rings. The lowest BCUT2D eigenvalue weighted by atomic mass is 10.4. The van der Waals surface area contributed by atoms with Crippen LogP contribution in [0.5, 0.6) is 0 Å². The SMILES string of the molecule is CCC.Cc1ncnc(F)c1F. The first-order valence-electron chi connectivity index (χ1n) is 3.76. The maximum Gasteiger partial charge on any atom is 0.252 e. The van der Waals surface area contributed by atoms with Gasteiger partial charge in [-0.3, -0.25) is 0 Å². The Kier molecular flexibility index (Phi) is 5.08. The summed E-state index contributed by atoms with van der Waals surface area (Å²) in [4.78, 5) is 6.40. The molecule has 0 amide bonds. The molecule has 0 N–H and O–H groups in total. The molecule has 0 aliphatic heterocycles. The number of nitrogens with zero attached hydrogens (tertiary/aromatic N) is 2. The molecule has 1 aromatic rings. The molecule has 0 aliphatic carbocycles. The van der Waals surface area contributed by atoms with Crippen LogP contribution in [0.4, 0.5) is 8.78 Å². The van der Waals surface area contributed by atoms with Crippen LogP contribution in [-0.2, 0) is 0 Å². The van der Waals surface area contributed by atoms with Crippen LogP contribution in [0.1, 0.15) is 26.0 Å². The first kappa shape index (κ1) is 10.9. The number of hydrogen-bond acceptors (Lipinski definition) is 2. The van der Waals surface area contributed by atoms with Gasteiger partial charge in [0.2, 0.25) is 0 Å². The molecule has 0 aliphatic rings. The first-order valence-corrected chi connectivity index (χ1v) is 3.76. The Hall–Kier alpha value is -1.06. The van der Waals surface area contributed by atoms with E-state index in [-0.39, 0.29) is 5.69 Å². The molecular weight excluding hydrogens is 162 g/mol. The normalized spacial score (nSPS) is 8.75. The maximum absolute atomic E-state index is 12.2. The van der Waals surface area contributed by atoms with Gasteiger partial charge in [0.15, 0.2) is 5.82 Å². The Bertz CT molecular complexity index is 218. The number of halogens is 2. The minimum absolute atomic E-state index is 0.0301. The third-order valence-electron chi connectivity index (χ3n) is 0.921. The lowest BCUT2D eigenvalue weighted by Crippen LogP contribution is -1.94. The summed E-state index contributed by atoms with van der Waals surface area (Å²) in [5.74, 6) is -2.07. The van der Waals surface area contributed by atoms with Crippen molar-refractivity contribution < 1.29 is 8.78 Å². The van der Waals surface area contributed by atoms with Gasteiger partial charge in [-0.15, -0.1) is 0 Å². The molecule has 4 heteroatoms. The van der Waals surface area contributed by atoms with Gasteiger partial charge in [0, 0.05) is 0 Å². The number of aromatic nitrogens is 2. The zero-order valence-electron chi connectivity index (χ0n) is 7.43. The zero-order valence-corrected chi connectivity index (χ0v) is 7.43. The molecule has 68 valence electrons. The Morgan fingerprint density at radius 2 is 1.75 bits per heavy atom. The van der Waals surface area contributed by atoms with E-state index in [0.29, 0.717) is 0 Å². The minimum atomic E-state index is -1.09. The summed E-state index contributed by atoms with van der Waals surface area (Å²) in [7, 11) is 0. The van der Waals surface area contributed by atoms with Crippen molar-refractivity contribution >= 4 is 0 Å². The van der Waals surface area contributed by atoms with Crippen LogP contribution in [0.25, 0.3) is 0 Å². The zero-order chi connectivity index (χ0) is 9.56. The standard InChI is InChI=1S/C5H4F2N2.C3H8/c1-3-4(6)5(7)9-2-8-3;1-3-2/h2H,1H3;3H2,1-2H3. The van der Waals surface area contributed by atoms with Crippen molar-refractivity contribution in [2.75, 3.05) is 0 Å². The van der Waals surface area contributed by atoms with Gasteiger partial charge in [-0.2, -0.15) is 8.78 Å². The molecule has 2 nitrogen and oxygen atoms in total. The summed E-state index contributed by atoms with van der Waals surface area (Å²) in [6.45, 7) is 5.63. The molecule has 0 unspecified atom stereocenters. The molecule has 0 saturated heterocycles. The van der Waals surface area contributed by atoms with E-state index in [1.807, 2.05) is 0 Å².